The van der Waals surface area contributed by atoms with E-state index in [4.69, 9.17) is 11.6 Å². The van der Waals surface area contributed by atoms with Crippen molar-refractivity contribution in [1.82, 2.24) is 14.8 Å². The first kappa shape index (κ1) is 20.5. The topological polar surface area (TPSA) is 76.9 Å². The highest BCUT2D eigenvalue weighted by Gasteiger charge is 2.31. The molecule has 1 atom stereocenters. The maximum absolute atomic E-state index is 12.9. The van der Waals surface area contributed by atoms with E-state index in [9.17, 15) is 22.8 Å². The maximum atomic E-state index is 12.9. The highest BCUT2D eigenvalue weighted by atomic mass is 35.5. The van der Waals surface area contributed by atoms with Crippen LogP contribution in [0, 0.1) is 0 Å². The second-order valence-corrected chi connectivity index (χ2v) is 6.50. The van der Waals surface area contributed by atoms with Gasteiger partial charge in [-0.1, -0.05) is 11.6 Å². The van der Waals surface area contributed by atoms with Crippen LogP contribution in [0.15, 0.2) is 59.7 Å². The lowest BCUT2D eigenvalue weighted by molar-refractivity contribution is -0.137. The van der Waals surface area contributed by atoms with Gasteiger partial charge in [-0.25, -0.2) is 4.68 Å². The number of nitrogens with zero attached hydrogens (tertiary/aromatic N) is 3. The Morgan fingerprint density at radius 1 is 1.14 bits per heavy atom. The van der Waals surface area contributed by atoms with Gasteiger partial charge in [0, 0.05) is 24.0 Å². The Balaban J connectivity index is 1.89. The van der Waals surface area contributed by atoms with Crippen LogP contribution in [0.2, 0.25) is 5.02 Å². The number of benzene rings is 1. The first-order chi connectivity index (χ1) is 13.7. The summed E-state index contributed by atoms with van der Waals surface area (Å²) in [6.07, 6.45) is -1.48. The Labute approximate surface area is 168 Å². The van der Waals surface area contributed by atoms with Crippen molar-refractivity contribution in [3.8, 4) is 11.3 Å². The largest absolute Gasteiger partial charge is 0.416 e. The third-order valence-electron chi connectivity index (χ3n) is 4.10. The molecule has 150 valence electrons. The summed E-state index contributed by atoms with van der Waals surface area (Å²) in [5.74, 6) is -0.743. The van der Waals surface area contributed by atoms with Crippen molar-refractivity contribution < 1.29 is 18.0 Å². The van der Waals surface area contributed by atoms with Crippen molar-refractivity contribution in [2.45, 2.75) is 19.1 Å². The molecule has 0 fully saturated rings. The van der Waals surface area contributed by atoms with Crippen molar-refractivity contribution in [2.75, 3.05) is 5.32 Å². The molecule has 6 nitrogen and oxygen atoms in total. The number of anilines is 1. The van der Waals surface area contributed by atoms with E-state index in [1.54, 1.807) is 24.5 Å². The Kier molecular flexibility index (Phi) is 5.69. The number of halogens is 4. The molecule has 1 amide bonds. The van der Waals surface area contributed by atoms with E-state index in [0.29, 0.717) is 11.3 Å². The van der Waals surface area contributed by atoms with Crippen LogP contribution in [0.4, 0.5) is 18.9 Å². The van der Waals surface area contributed by atoms with Gasteiger partial charge < -0.3 is 5.32 Å². The van der Waals surface area contributed by atoms with E-state index >= 15 is 0 Å². The average Bonchev–Trinajstić information content (AvgIpc) is 2.69. The number of amides is 1. The van der Waals surface area contributed by atoms with Crippen molar-refractivity contribution in [1.29, 1.82) is 0 Å². The summed E-state index contributed by atoms with van der Waals surface area (Å²) < 4.78 is 39.7. The van der Waals surface area contributed by atoms with Gasteiger partial charge in [0.15, 0.2) is 0 Å². The molecule has 3 aromatic rings. The van der Waals surface area contributed by atoms with Gasteiger partial charge in [0.1, 0.15) is 6.04 Å². The fourth-order valence-corrected chi connectivity index (χ4v) is 2.69. The fourth-order valence-electron chi connectivity index (χ4n) is 2.53. The summed E-state index contributed by atoms with van der Waals surface area (Å²) in [4.78, 5) is 28.7. The molecule has 0 bridgehead atoms. The lowest BCUT2D eigenvalue weighted by Crippen LogP contribution is -2.33. The maximum Gasteiger partial charge on any atom is 0.416 e. The zero-order chi connectivity index (χ0) is 21.2. The molecule has 29 heavy (non-hydrogen) atoms. The van der Waals surface area contributed by atoms with Crippen LogP contribution in [0.3, 0.4) is 0 Å². The van der Waals surface area contributed by atoms with Crippen LogP contribution in [0.1, 0.15) is 18.5 Å². The molecule has 0 aliphatic heterocycles. The van der Waals surface area contributed by atoms with Crippen LogP contribution in [-0.2, 0) is 11.0 Å². The lowest BCUT2D eigenvalue weighted by Gasteiger charge is -2.16. The van der Waals surface area contributed by atoms with Gasteiger partial charge in [0.25, 0.3) is 5.56 Å². The molecular formula is C19H14ClF3N4O2. The number of carbonyl (C=O) groups is 1. The molecule has 0 spiro atoms. The molecule has 0 saturated carbocycles. The predicted molar refractivity (Wildman–Crippen MR) is 102 cm³/mol. The summed E-state index contributed by atoms with van der Waals surface area (Å²) >= 11 is 5.91. The zero-order valence-corrected chi connectivity index (χ0v) is 15.7. The smallest absolute Gasteiger partial charge is 0.323 e. The zero-order valence-electron chi connectivity index (χ0n) is 14.9. The number of rotatable bonds is 4. The summed E-state index contributed by atoms with van der Waals surface area (Å²) in [5.41, 5.74) is -0.594. The standard InChI is InChI=1S/C19H14ClF3N4O2/c1-11(18(29)25-16-10-13(19(21,22)23)2-3-14(16)20)27-17(28)5-4-15(26-27)12-6-8-24-9-7-12/h2-11H,1H3,(H,25,29). The summed E-state index contributed by atoms with van der Waals surface area (Å²) in [6.45, 7) is 1.40. The van der Waals surface area contributed by atoms with Crippen molar-refractivity contribution in [3.63, 3.8) is 0 Å². The van der Waals surface area contributed by atoms with Crippen LogP contribution >= 0.6 is 11.6 Å². The number of hydrogen-bond acceptors (Lipinski definition) is 4. The first-order valence-corrected chi connectivity index (χ1v) is 8.72. The summed E-state index contributed by atoms with van der Waals surface area (Å²) in [6, 6.07) is 7.61. The number of hydrogen-bond donors (Lipinski definition) is 1. The third kappa shape index (κ3) is 4.62. The number of aromatic nitrogens is 3. The van der Waals surface area contributed by atoms with Crippen LogP contribution in [0.5, 0.6) is 0 Å². The molecule has 10 heteroatoms. The molecule has 0 aliphatic rings. The van der Waals surface area contributed by atoms with Gasteiger partial charge in [0.05, 0.1) is 22.0 Å². The number of nitrogens with one attached hydrogen (secondary N) is 1. The minimum absolute atomic E-state index is 0.0654. The first-order valence-electron chi connectivity index (χ1n) is 8.34. The van der Waals surface area contributed by atoms with E-state index in [-0.39, 0.29) is 10.7 Å². The highest BCUT2D eigenvalue weighted by molar-refractivity contribution is 6.33. The molecule has 2 aromatic heterocycles. The lowest BCUT2D eigenvalue weighted by atomic mass is 10.2. The molecule has 2 heterocycles. The third-order valence-corrected chi connectivity index (χ3v) is 4.43. The molecular weight excluding hydrogens is 409 g/mol. The number of pyridine rings is 1. The molecule has 1 aromatic carbocycles. The average molecular weight is 423 g/mol. The van der Waals surface area contributed by atoms with Gasteiger partial charge in [-0.15, -0.1) is 0 Å². The minimum atomic E-state index is -4.59. The van der Waals surface area contributed by atoms with E-state index in [2.05, 4.69) is 15.4 Å². The summed E-state index contributed by atoms with van der Waals surface area (Å²) in [7, 11) is 0. The van der Waals surface area contributed by atoms with Crippen molar-refractivity contribution >= 4 is 23.2 Å². The molecule has 0 radical (unpaired) electrons. The molecule has 3 rings (SSSR count). The normalized spacial score (nSPS) is 12.4. The second-order valence-electron chi connectivity index (χ2n) is 6.09. The van der Waals surface area contributed by atoms with Gasteiger partial charge in [-0.3, -0.25) is 14.6 Å². The van der Waals surface area contributed by atoms with Crippen LogP contribution in [0.25, 0.3) is 11.3 Å². The quantitative estimate of drug-likeness (QED) is 0.684. The van der Waals surface area contributed by atoms with Gasteiger partial charge in [-0.2, -0.15) is 18.3 Å². The van der Waals surface area contributed by atoms with E-state index < -0.39 is 29.2 Å². The Morgan fingerprint density at radius 3 is 2.48 bits per heavy atom. The summed E-state index contributed by atoms with van der Waals surface area (Å²) in [5, 5.41) is 6.45. The Hall–Kier alpha value is -3.20. The van der Waals surface area contributed by atoms with Gasteiger partial charge in [0.2, 0.25) is 5.91 Å². The van der Waals surface area contributed by atoms with E-state index in [1.807, 2.05) is 0 Å². The van der Waals surface area contributed by atoms with E-state index in [1.165, 1.54) is 19.1 Å². The fraction of sp³-hybridized carbons (Fsp3) is 0.158. The monoisotopic (exact) mass is 422 g/mol. The van der Waals surface area contributed by atoms with E-state index in [0.717, 1.165) is 22.9 Å². The van der Waals surface area contributed by atoms with Gasteiger partial charge in [-0.05, 0) is 43.3 Å². The Morgan fingerprint density at radius 2 is 1.83 bits per heavy atom. The molecule has 1 N–H and O–H groups in total. The highest BCUT2D eigenvalue weighted by Crippen LogP contribution is 2.34. The molecule has 1 unspecified atom stereocenters. The second kappa shape index (κ2) is 8.04. The van der Waals surface area contributed by atoms with Crippen molar-refractivity contribution in [3.05, 3.63) is 75.8 Å². The van der Waals surface area contributed by atoms with Crippen LogP contribution < -0.4 is 10.9 Å². The predicted octanol–water partition coefficient (Wildman–Crippen LogP) is 4.18. The van der Waals surface area contributed by atoms with Crippen molar-refractivity contribution in [2.24, 2.45) is 0 Å². The Bertz CT molecular complexity index is 1100. The number of alkyl halides is 3. The number of carbonyl (C=O) groups excluding carboxylic acids is 1. The van der Waals surface area contributed by atoms with Gasteiger partial charge >= 0.3 is 6.18 Å². The van der Waals surface area contributed by atoms with Crippen LogP contribution in [-0.4, -0.2) is 20.7 Å². The molecule has 0 saturated heterocycles. The molecule has 0 aliphatic carbocycles. The SMILES string of the molecule is CC(C(=O)Nc1cc(C(F)(F)F)ccc1Cl)n1nc(-c2ccncc2)ccc1=O. The minimum Gasteiger partial charge on any atom is -0.323 e.